The highest BCUT2D eigenvalue weighted by atomic mass is 16.5. The first-order chi connectivity index (χ1) is 11.8. The number of nitrogens with one attached hydrogen (secondary N) is 1. The fraction of sp³-hybridized carbons (Fsp3) is 0.611. The average molecular weight is 333 g/mol. The third-order valence-corrected chi connectivity index (χ3v) is 4.74. The number of nitrogens with zero attached hydrogens (tertiary/aromatic N) is 2. The van der Waals surface area contributed by atoms with Crippen molar-refractivity contribution in [2.75, 3.05) is 59.6 Å². The number of ether oxygens (including phenoxy) is 2. The molecule has 2 aliphatic heterocycles. The zero-order valence-electron chi connectivity index (χ0n) is 14.4. The van der Waals surface area contributed by atoms with Crippen molar-refractivity contribution >= 4 is 5.91 Å². The molecule has 0 aromatic heterocycles. The Morgan fingerprint density at radius 2 is 2.00 bits per heavy atom. The number of carbonyl (C=O) groups excluding carboxylic acids is 1. The van der Waals surface area contributed by atoms with Gasteiger partial charge < -0.3 is 14.8 Å². The van der Waals surface area contributed by atoms with Crippen molar-refractivity contribution in [1.82, 2.24) is 15.1 Å². The summed E-state index contributed by atoms with van der Waals surface area (Å²) in [5.74, 6) is 0.989. The lowest BCUT2D eigenvalue weighted by molar-refractivity contribution is -0.123. The van der Waals surface area contributed by atoms with Crippen LogP contribution in [0.15, 0.2) is 24.3 Å². The smallest absolute Gasteiger partial charge is 0.234 e. The van der Waals surface area contributed by atoms with Gasteiger partial charge in [0.05, 0.1) is 25.8 Å². The van der Waals surface area contributed by atoms with Crippen molar-refractivity contribution in [3.63, 3.8) is 0 Å². The molecule has 24 heavy (non-hydrogen) atoms. The minimum Gasteiger partial charge on any atom is -0.493 e. The molecule has 0 unspecified atom stereocenters. The van der Waals surface area contributed by atoms with Gasteiger partial charge in [-0.1, -0.05) is 18.2 Å². The van der Waals surface area contributed by atoms with E-state index in [0.717, 1.165) is 57.1 Å². The molecule has 0 bridgehead atoms. The summed E-state index contributed by atoms with van der Waals surface area (Å²) in [7, 11) is 1.73. The summed E-state index contributed by atoms with van der Waals surface area (Å²) in [6.45, 7) is 6.72. The Bertz CT molecular complexity index is 544. The van der Waals surface area contributed by atoms with Crippen LogP contribution in [0.4, 0.5) is 0 Å². The molecule has 1 aromatic carbocycles. The lowest BCUT2D eigenvalue weighted by atomic mass is 10.0. The number of para-hydroxylation sites is 1. The van der Waals surface area contributed by atoms with Gasteiger partial charge >= 0.3 is 0 Å². The number of amides is 1. The van der Waals surface area contributed by atoms with Crippen molar-refractivity contribution in [1.29, 1.82) is 0 Å². The second-order valence-corrected chi connectivity index (χ2v) is 6.41. The number of carbonyl (C=O) groups is 1. The minimum atomic E-state index is 0.0606. The highest BCUT2D eigenvalue weighted by Crippen LogP contribution is 2.31. The first kappa shape index (κ1) is 17.2. The molecule has 0 saturated carbocycles. The van der Waals surface area contributed by atoms with Crippen LogP contribution in [0, 0.1) is 0 Å². The zero-order chi connectivity index (χ0) is 16.8. The van der Waals surface area contributed by atoms with Crippen molar-refractivity contribution in [2.24, 2.45) is 0 Å². The quantitative estimate of drug-likeness (QED) is 0.838. The lowest BCUT2D eigenvalue weighted by Gasteiger charge is -2.34. The summed E-state index contributed by atoms with van der Waals surface area (Å²) in [6.07, 6.45) is 0.827. The van der Waals surface area contributed by atoms with Gasteiger partial charge in [-0.05, 0) is 6.07 Å². The molecule has 3 rings (SSSR count). The van der Waals surface area contributed by atoms with Crippen molar-refractivity contribution in [3.05, 3.63) is 29.8 Å². The van der Waals surface area contributed by atoms with E-state index in [4.69, 9.17) is 9.47 Å². The van der Waals surface area contributed by atoms with Gasteiger partial charge in [-0.15, -0.1) is 0 Å². The van der Waals surface area contributed by atoms with Crippen LogP contribution < -0.4 is 10.1 Å². The van der Waals surface area contributed by atoms with E-state index in [1.165, 1.54) is 0 Å². The maximum Gasteiger partial charge on any atom is 0.234 e. The predicted octanol–water partition coefficient (Wildman–Crippen LogP) is 0.890. The zero-order valence-corrected chi connectivity index (χ0v) is 14.4. The van der Waals surface area contributed by atoms with Gasteiger partial charge in [-0.2, -0.15) is 0 Å². The molecule has 6 nitrogen and oxygen atoms in total. The van der Waals surface area contributed by atoms with Crippen LogP contribution in [-0.2, 0) is 9.53 Å². The topological polar surface area (TPSA) is 54.0 Å². The largest absolute Gasteiger partial charge is 0.493 e. The molecule has 6 heteroatoms. The van der Waals surface area contributed by atoms with Crippen molar-refractivity contribution in [2.45, 2.75) is 12.5 Å². The van der Waals surface area contributed by atoms with Gasteiger partial charge in [0.1, 0.15) is 5.75 Å². The van der Waals surface area contributed by atoms with Crippen LogP contribution >= 0.6 is 0 Å². The molecule has 1 N–H and O–H groups in total. The summed E-state index contributed by atoms with van der Waals surface area (Å²) in [4.78, 5) is 17.0. The Hall–Kier alpha value is -1.63. The molecule has 0 spiro atoms. The summed E-state index contributed by atoms with van der Waals surface area (Å²) in [5, 5.41) is 3.17. The number of hydrogen-bond donors (Lipinski definition) is 1. The van der Waals surface area contributed by atoms with Crippen LogP contribution in [0.5, 0.6) is 5.75 Å². The van der Waals surface area contributed by atoms with Crippen LogP contribution in [0.1, 0.15) is 18.0 Å². The Kier molecular flexibility index (Phi) is 6.07. The number of piperazine rings is 1. The molecular weight excluding hydrogens is 306 g/mol. The average Bonchev–Trinajstić information content (AvgIpc) is 2.61. The molecule has 1 aromatic rings. The Labute approximate surface area is 143 Å². The fourth-order valence-electron chi connectivity index (χ4n) is 3.33. The van der Waals surface area contributed by atoms with Gasteiger partial charge in [0.15, 0.2) is 0 Å². The Morgan fingerprint density at radius 1 is 1.25 bits per heavy atom. The molecule has 0 radical (unpaired) electrons. The molecule has 1 amide bonds. The van der Waals surface area contributed by atoms with Gasteiger partial charge in [-0.3, -0.25) is 14.6 Å². The maximum atomic E-state index is 12.4. The van der Waals surface area contributed by atoms with Crippen LogP contribution in [-0.4, -0.2) is 75.3 Å². The molecular formula is C18H27N3O3. The maximum absolute atomic E-state index is 12.4. The number of hydrogen-bond acceptors (Lipinski definition) is 5. The molecule has 132 valence electrons. The molecule has 1 saturated heterocycles. The van der Waals surface area contributed by atoms with E-state index in [2.05, 4.69) is 15.1 Å². The number of methoxy groups -OCH3 is 1. The fourth-order valence-corrected chi connectivity index (χ4v) is 3.33. The van der Waals surface area contributed by atoms with Crippen molar-refractivity contribution < 1.29 is 14.3 Å². The number of fused-ring (bicyclic) bond motifs is 1. The van der Waals surface area contributed by atoms with Crippen LogP contribution in [0.25, 0.3) is 0 Å². The second-order valence-electron chi connectivity index (χ2n) is 6.41. The van der Waals surface area contributed by atoms with Gasteiger partial charge in [0.25, 0.3) is 0 Å². The molecule has 2 aliphatic rings. The Morgan fingerprint density at radius 3 is 2.79 bits per heavy atom. The number of benzene rings is 1. The summed E-state index contributed by atoms with van der Waals surface area (Å²) < 4.78 is 10.8. The highest BCUT2D eigenvalue weighted by molar-refractivity contribution is 5.78. The monoisotopic (exact) mass is 333 g/mol. The van der Waals surface area contributed by atoms with E-state index in [1.807, 2.05) is 24.3 Å². The third-order valence-electron chi connectivity index (χ3n) is 4.74. The molecule has 0 aliphatic carbocycles. The van der Waals surface area contributed by atoms with Crippen molar-refractivity contribution in [3.8, 4) is 5.75 Å². The second kappa shape index (κ2) is 8.46. The minimum absolute atomic E-state index is 0.0606. The van der Waals surface area contributed by atoms with E-state index < -0.39 is 0 Å². The first-order valence-electron chi connectivity index (χ1n) is 8.71. The Balaban J connectivity index is 1.46. The summed E-state index contributed by atoms with van der Waals surface area (Å²) >= 11 is 0. The van der Waals surface area contributed by atoms with Gasteiger partial charge in [-0.25, -0.2) is 0 Å². The van der Waals surface area contributed by atoms with E-state index in [-0.39, 0.29) is 11.9 Å². The highest BCUT2D eigenvalue weighted by Gasteiger charge is 2.24. The van der Waals surface area contributed by atoms with E-state index in [0.29, 0.717) is 13.2 Å². The predicted molar refractivity (Wildman–Crippen MR) is 92.2 cm³/mol. The normalized spacial score (nSPS) is 21.8. The SMILES string of the molecule is COCCN1CCN(CC(=O)N[C@@H]2CCOc3ccccc32)CC1. The summed E-state index contributed by atoms with van der Waals surface area (Å²) in [6, 6.07) is 8.02. The molecule has 1 fully saturated rings. The molecule has 2 heterocycles. The van der Waals surface area contributed by atoms with Gasteiger partial charge in [0, 0.05) is 51.8 Å². The number of rotatable bonds is 6. The van der Waals surface area contributed by atoms with Crippen LogP contribution in [0.3, 0.4) is 0 Å². The molecule has 1 atom stereocenters. The third kappa shape index (κ3) is 4.47. The standard InChI is InChI=1S/C18H27N3O3/c1-23-13-11-20-7-9-21(10-8-20)14-18(22)19-16-6-12-24-17-5-3-2-4-15(16)17/h2-5,16H,6-14H2,1H3,(H,19,22)/t16-/m1/s1. The van der Waals surface area contributed by atoms with E-state index >= 15 is 0 Å². The lowest BCUT2D eigenvalue weighted by Crippen LogP contribution is -2.50. The van der Waals surface area contributed by atoms with E-state index in [1.54, 1.807) is 7.11 Å². The first-order valence-corrected chi connectivity index (χ1v) is 8.71. The van der Waals surface area contributed by atoms with Crippen LogP contribution in [0.2, 0.25) is 0 Å². The van der Waals surface area contributed by atoms with Gasteiger partial charge in [0.2, 0.25) is 5.91 Å². The summed E-state index contributed by atoms with van der Waals surface area (Å²) in [5.41, 5.74) is 1.08. The van der Waals surface area contributed by atoms with E-state index in [9.17, 15) is 4.79 Å².